The van der Waals surface area contributed by atoms with Crippen molar-refractivity contribution in [2.45, 2.75) is 6.92 Å². The number of nitrogens with one attached hydrogen (secondary N) is 1. The molecule has 0 spiro atoms. The Hall–Kier alpha value is -0.950. The largest absolute Gasteiger partial charge is 0.337 e. The van der Waals surface area contributed by atoms with Crippen molar-refractivity contribution in [3.05, 3.63) is 0 Å². The summed E-state index contributed by atoms with van der Waals surface area (Å²) in [5.74, 6) is -0.507. The van der Waals surface area contributed by atoms with E-state index in [9.17, 15) is 13.8 Å². The van der Waals surface area contributed by atoms with E-state index in [0.29, 0.717) is 4.90 Å². The summed E-state index contributed by atoms with van der Waals surface area (Å²) in [5.41, 5.74) is 0. The lowest BCUT2D eigenvalue weighted by Gasteiger charge is -2.10. The molecule has 7 heteroatoms. The molecule has 0 fully saturated rings. The van der Waals surface area contributed by atoms with Crippen molar-refractivity contribution in [2.75, 3.05) is 7.05 Å². The molecular weight excluding hydrogens is 172 g/mol. The number of amides is 3. The van der Waals surface area contributed by atoms with E-state index in [1.165, 1.54) is 14.0 Å². The van der Waals surface area contributed by atoms with Gasteiger partial charge in [0.15, 0.2) is 0 Å². The molecule has 64 valence electrons. The highest BCUT2D eigenvalue weighted by Gasteiger charge is 2.13. The summed E-state index contributed by atoms with van der Waals surface area (Å²) in [6.07, 6.45) is 0. The molecule has 0 heterocycles. The summed E-state index contributed by atoms with van der Waals surface area (Å²) in [5, 5.41) is 0. The number of hydrogen-bond acceptors (Lipinski definition) is 3. The van der Waals surface area contributed by atoms with E-state index in [0.717, 1.165) is 0 Å². The molecule has 0 radical (unpaired) electrons. The molecule has 1 unspecified atom stereocenters. The predicted molar refractivity (Wildman–Crippen MR) is 37.7 cm³/mol. The summed E-state index contributed by atoms with van der Waals surface area (Å²) >= 11 is -2.43. The van der Waals surface area contributed by atoms with Crippen molar-refractivity contribution < 1.29 is 18.4 Å². The van der Waals surface area contributed by atoms with E-state index in [4.69, 9.17) is 4.55 Å². The standard InChI is InChI=1S/C4H8N2O4S/c1-3(7)6(2)4(8)5-11(9)10/h1-2H3,(H,5,8)(H,9,10). The van der Waals surface area contributed by atoms with Crippen molar-refractivity contribution in [3.63, 3.8) is 0 Å². The molecule has 0 rings (SSSR count). The third-order valence-corrected chi connectivity index (χ3v) is 1.30. The summed E-state index contributed by atoms with van der Waals surface area (Å²) in [7, 11) is 1.20. The van der Waals surface area contributed by atoms with Crippen molar-refractivity contribution >= 4 is 23.2 Å². The van der Waals surface area contributed by atoms with E-state index in [1.54, 1.807) is 4.72 Å². The van der Waals surface area contributed by atoms with E-state index >= 15 is 0 Å². The first kappa shape index (κ1) is 10.0. The van der Waals surface area contributed by atoms with E-state index in [1.807, 2.05) is 0 Å². The quantitative estimate of drug-likeness (QED) is 0.523. The Kier molecular flexibility index (Phi) is 3.69. The molecule has 0 aliphatic heterocycles. The highest BCUT2D eigenvalue weighted by atomic mass is 32.2. The van der Waals surface area contributed by atoms with Gasteiger partial charge in [-0.25, -0.2) is 13.7 Å². The van der Waals surface area contributed by atoms with Crippen LogP contribution in [0.2, 0.25) is 0 Å². The number of imide groups is 1. The molecule has 0 aliphatic rings. The minimum absolute atomic E-state index is 0.507. The average Bonchev–Trinajstić information content (AvgIpc) is 1.84. The number of urea groups is 1. The summed E-state index contributed by atoms with van der Waals surface area (Å²) in [6, 6.07) is -0.904. The molecule has 1 atom stereocenters. The van der Waals surface area contributed by atoms with Gasteiger partial charge in [-0.2, -0.15) is 0 Å². The molecule has 2 N–H and O–H groups in total. The zero-order chi connectivity index (χ0) is 9.02. The van der Waals surface area contributed by atoms with E-state index in [-0.39, 0.29) is 0 Å². The third-order valence-electron chi connectivity index (χ3n) is 0.952. The molecule has 0 bridgehead atoms. The van der Waals surface area contributed by atoms with Gasteiger partial charge < -0.3 is 0 Å². The average molecular weight is 180 g/mol. The maximum atomic E-state index is 10.6. The SMILES string of the molecule is CC(=O)N(C)C(=O)NS(=O)O. The molecule has 6 nitrogen and oxygen atoms in total. The van der Waals surface area contributed by atoms with Crippen LogP contribution in [0.15, 0.2) is 0 Å². The number of carbonyl (C=O) groups is 2. The van der Waals surface area contributed by atoms with Crippen LogP contribution in [0.25, 0.3) is 0 Å². The zero-order valence-corrected chi connectivity index (χ0v) is 6.84. The van der Waals surface area contributed by atoms with Crippen LogP contribution in [0.3, 0.4) is 0 Å². The second-order valence-corrected chi connectivity index (χ2v) is 2.44. The molecular formula is C4H8N2O4S. The maximum absolute atomic E-state index is 10.6. The van der Waals surface area contributed by atoms with Gasteiger partial charge in [0.2, 0.25) is 5.91 Å². The van der Waals surface area contributed by atoms with Gasteiger partial charge in [-0.3, -0.25) is 14.2 Å². The minimum atomic E-state index is -2.43. The molecule has 3 amide bonds. The normalized spacial score (nSPS) is 11.9. The molecule has 0 saturated carbocycles. The van der Waals surface area contributed by atoms with E-state index < -0.39 is 23.2 Å². The Bertz CT molecular complexity index is 204. The zero-order valence-electron chi connectivity index (χ0n) is 6.03. The van der Waals surface area contributed by atoms with Crippen LogP contribution in [-0.4, -0.2) is 32.6 Å². The molecule has 0 aromatic heterocycles. The Morgan fingerprint density at radius 1 is 1.55 bits per heavy atom. The van der Waals surface area contributed by atoms with Gasteiger partial charge in [-0.1, -0.05) is 0 Å². The van der Waals surface area contributed by atoms with Crippen molar-refractivity contribution in [1.29, 1.82) is 0 Å². The summed E-state index contributed by atoms with van der Waals surface area (Å²) in [4.78, 5) is 21.8. The minimum Gasteiger partial charge on any atom is -0.289 e. The monoisotopic (exact) mass is 180 g/mol. The molecule has 11 heavy (non-hydrogen) atoms. The lowest BCUT2D eigenvalue weighted by Crippen LogP contribution is -2.40. The fourth-order valence-corrected chi connectivity index (χ4v) is 0.572. The topological polar surface area (TPSA) is 86.7 Å². The molecule has 0 aromatic carbocycles. The Morgan fingerprint density at radius 2 is 2.00 bits per heavy atom. The Balaban J connectivity index is 4.04. The second-order valence-electron chi connectivity index (χ2n) is 1.73. The maximum Gasteiger partial charge on any atom is 0.337 e. The highest BCUT2D eigenvalue weighted by Crippen LogP contribution is 1.84. The lowest BCUT2D eigenvalue weighted by molar-refractivity contribution is -0.124. The molecule has 0 aromatic rings. The number of hydrogen-bond donors (Lipinski definition) is 2. The fourth-order valence-electron chi connectivity index (χ4n) is 0.286. The van der Waals surface area contributed by atoms with Crippen molar-refractivity contribution in [1.82, 2.24) is 9.62 Å². The van der Waals surface area contributed by atoms with E-state index in [2.05, 4.69) is 0 Å². The van der Waals surface area contributed by atoms with Crippen LogP contribution in [-0.2, 0) is 16.1 Å². The van der Waals surface area contributed by atoms with Gasteiger partial charge in [0.25, 0.3) is 11.3 Å². The van der Waals surface area contributed by atoms with Crippen LogP contribution in [0.5, 0.6) is 0 Å². The lowest BCUT2D eigenvalue weighted by atomic mass is 10.6. The Morgan fingerprint density at radius 3 is 2.27 bits per heavy atom. The van der Waals surface area contributed by atoms with Gasteiger partial charge in [0.1, 0.15) is 0 Å². The van der Waals surface area contributed by atoms with Crippen molar-refractivity contribution in [3.8, 4) is 0 Å². The van der Waals surface area contributed by atoms with Crippen LogP contribution in [0.1, 0.15) is 6.92 Å². The van der Waals surface area contributed by atoms with Gasteiger partial charge in [0.05, 0.1) is 0 Å². The first-order valence-corrected chi connectivity index (χ1v) is 3.71. The van der Waals surface area contributed by atoms with Crippen molar-refractivity contribution in [2.24, 2.45) is 0 Å². The van der Waals surface area contributed by atoms with Gasteiger partial charge in [0, 0.05) is 14.0 Å². The van der Waals surface area contributed by atoms with Gasteiger partial charge in [-0.15, -0.1) is 0 Å². The predicted octanol–water partition coefficient (Wildman–Crippen LogP) is -0.689. The first-order valence-electron chi connectivity index (χ1n) is 2.61. The summed E-state index contributed by atoms with van der Waals surface area (Å²) in [6.45, 7) is 1.17. The van der Waals surface area contributed by atoms with Crippen LogP contribution >= 0.6 is 0 Å². The summed E-state index contributed by atoms with van der Waals surface area (Å²) < 4.78 is 19.8. The number of carbonyl (C=O) groups excluding carboxylic acids is 2. The van der Waals surface area contributed by atoms with Gasteiger partial charge >= 0.3 is 6.03 Å². The number of nitrogens with zero attached hydrogens (tertiary/aromatic N) is 1. The first-order chi connectivity index (χ1) is 4.95. The van der Waals surface area contributed by atoms with Gasteiger partial charge in [-0.05, 0) is 0 Å². The van der Waals surface area contributed by atoms with Crippen LogP contribution in [0.4, 0.5) is 4.79 Å². The third kappa shape index (κ3) is 3.68. The molecule has 0 aliphatic carbocycles. The smallest absolute Gasteiger partial charge is 0.289 e. The molecule has 0 saturated heterocycles. The highest BCUT2D eigenvalue weighted by molar-refractivity contribution is 7.77. The Labute approximate surface area is 66.0 Å². The van der Waals surface area contributed by atoms with Crippen LogP contribution < -0.4 is 4.72 Å². The second kappa shape index (κ2) is 4.04. The number of rotatable bonds is 1. The van der Waals surface area contributed by atoms with Crippen LogP contribution in [0, 0.1) is 0 Å². The fraction of sp³-hybridized carbons (Fsp3) is 0.500.